The standard InChI is InChI=1S/C15H17BrN2O/c1-9-7-15(19-3)10(2)6-14(9)18-13-5-4-11(16)8-12(13)17/h4-8,18H,17H2,1-3H3. The maximum Gasteiger partial charge on any atom is 0.122 e. The largest absolute Gasteiger partial charge is 0.496 e. The highest BCUT2D eigenvalue weighted by molar-refractivity contribution is 9.10. The fourth-order valence-electron chi connectivity index (χ4n) is 1.94. The van der Waals surface area contributed by atoms with Gasteiger partial charge in [0.05, 0.1) is 18.5 Å². The summed E-state index contributed by atoms with van der Waals surface area (Å²) in [5.41, 5.74) is 10.8. The van der Waals surface area contributed by atoms with Gasteiger partial charge in [-0.3, -0.25) is 0 Å². The molecule has 0 radical (unpaired) electrons. The molecular formula is C15H17BrN2O. The summed E-state index contributed by atoms with van der Waals surface area (Å²) in [7, 11) is 1.68. The molecule has 0 saturated carbocycles. The average Bonchev–Trinajstić information content (AvgIpc) is 2.36. The zero-order valence-electron chi connectivity index (χ0n) is 11.3. The van der Waals surface area contributed by atoms with Gasteiger partial charge in [-0.2, -0.15) is 0 Å². The van der Waals surface area contributed by atoms with Crippen LogP contribution in [0.4, 0.5) is 17.1 Å². The maximum absolute atomic E-state index is 6.00. The monoisotopic (exact) mass is 320 g/mol. The number of benzene rings is 2. The molecule has 0 aliphatic heterocycles. The number of aryl methyl sites for hydroxylation is 2. The highest BCUT2D eigenvalue weighted by atomic mass is 79.9. The summed E-state index contributed by atoms with van der Waals surface area (Å²) >= 11 is 3.40. The quantitative estimate of drug-likeness (QED) is 0.824. The zero-order chi connectivity index (χ0) is 14.0. The first-order valence-corrected chi connectivity index (χ1v) is 6.78. The van der Waals surface area contributed by atoms with Crippen LogP contribution in [0.1, 0.15) is 11.1 Å². The van der Waals surface area contributed by atoms with Crippen molar-refractivity contribution in [3.05, 3.63) is 45.9 Å². The van der Waals surface area contributed by atoms with Crippen LogP contribution in [0.2, 0.25) is 0 Å². The van der Waals surface area contributed by atoms with Gasteiger partial charge in [-0.1, -0.05) is 15.9 Å². The van der Waals surface area contributed by atoms with Gasteiger partial charge < -0.3 is 15.8 Å². The molecule has 2 aromatic rings. The van der Waals surface area contributed by atoms with E-state index in [1.807, 2.05) is 38.1 Å². The summed E-state index contributed by atoms with van der Waals surface area (Å²) in [5.74, 6) is 0.895. The van der Waals surface area contributed by atoms with Crippen molar-refractivity contribution >= 4 is 33.0 Å². The fourth-order valence-corrected chi connectivity index (χ4v) is 2.32. The Morgan fingerprint density at radius 3 is 2.42 bits per heavy atom. The number of ether oxygens (including phenoxy) is 1. The lowest BCUT2D eigenvalue weighted by molar-refractivity contribution is 0.411. The third kappa shape index (κ3) is 3.01. The number of nitrogens with one attached hydrogen (secondary N) is 1. The summed E-state index contributed by atoms with van der Waals surface area (Å²) in [6, 6.07) is 9.89. The molecule has 2 rings (SSSR count). The number of rotatable bonds is 3. The van der Waals surface area contributed by atoms with Crippen LogP contribution in [-0.4, -0.2) is 7.11 Å². The van der Waals surface area contributed by atoms with Crippen LogP contribution in [0, 0.1) is 13.8 Å². The number of methoxy groups -OCH3 is 1. The Hall–Kier alpha value is -1.68. The first kappa shape index (κ1) is 13.7. The van der Waals surface area contributed by atoms with Crippen molar-refractivity contribution in [2.75, 3.05) is 18.2 Å². The van der Waals surface area contributed by atoms with E-state index in [-0.39, 0.29) is 0 Å². The van der Waals surface area contributed by atoms with Crippen molar-refractivity contribution in [2.24, 2.45) is 0 Å². The van der Waals surface area contributed by atoms with Crippen LogP contribution < -0.4 is 15.8 Å². The van der Waals surface area contributed by atoms with E-state index in [0.717, 1.165) is 32.7 Å². The minimum Gasteiger partial charge on any atom is -0.496 e. The number of hydrogen-bond donors (Lipinski definition) is 2. The normalized spacial score (nSPS) is 10.3. The maximum atomic E-state index is 6.00. The molecule has 4 heteroatoms. The third-order valence-corrected chi connectivity index (χ3v) is 3.52. The smallest absolute Gasteiger partial charge is 0.122 e. The van der Waals surface area contributed by atoms with Crippen LogP contribution in [0.3, 0.4) is 0 Å². The second kappa shape index (κ2) is 5.53. The summed E-state index contributed by atoms with van der Waals surface area (Å²) in [5, 5.41) is 3.36. The lowest BCUT2D eigenvalue weighted by atomic mass is 10.1. The number of hydrogen-bond acceptors (Lipinski definition) is 3. The molecule has 2 aromatic carbocycles. The first-order chi connectivity index (χ1) is 9.01. The predicted molar refractivity (Wildman–Crippen MR) is 84.3 cm³/mol. The van der Waals surface area contributed by atoms with E-state index < -0.39 is 0 Å². The Morgan fingerprint density at radius 2 is 1.79 bits per heavy atom. The van der Waals surface area contributed by atoms with E-state index >= 15 is 0 Å². The van der Waals surface area contributed by atoms with Crippen molar-refractivity contribution in [3.8, 4) is 5.75 Å². The fraction of sp³-hybridized carbons (Fsp3) is 0.200. The molecule has 0 aromatic heterocycles. The molecular weight excluding hydrogens is 304 g/mol. The summed E-state index contributed by atoms with van der Waals surface area (Å²) < 4.78 is 6.28. The molecule has 0 atom stereocenters. The van der Waals surface area contributed by atoms with Gasteiger partial charge in [0.15, 0.2) is 0 Å². The zero-order valence-corrected chi connectivity index (χ0v) is 12.8. The molecule has 0 fully saturated rings. The molecule has 100 valence electrons. The summed E-state index contributed by atoms with van der Waals surface area (Å²) in [6.45, 7) is 4.06. The van der Waals surface area contributed by atoms with Gasteiger partial charge in [-0.25, -0.2) is 0 Å². The second-order valence-electron chi connectivity index (χ2n) is 4.49. The van der Waals surface area contributed by atoms with Gasteiger partial charge in [-0.05, 0) is 55.3 Å². The number of nitrogens with two attached hydrogens (primary N) is 1. The van der Waals surface area contributed by atoms with Crippen molar-refractivity contribution in [3.63, 3.8) is 0 Å². The van der Waals surface area contributed by atoms with E-state index in [2.05, 4.69) is 27.3 Å². The molecule has 19 heavy (non-hydrogen) atoms. The Morgan fingerprint density at radius 1 is 1.05 bits per heavy atom. The van der Waals surface area contributed by atoms with Gasteiger partial charge in [0.2, 0.25) is 0 Å². The molecule has 0 amide bonds. The number of nitrogen functional groups attached to an aromatic ring is 1. The minimum atomic E-state index is 0.710. The lowest BCUT2D eigenvalue weighted by Gasteiger charge is -2.15. The van der Waals surface area contributed by atoms with Crippen LogP contribution in [0.5, 0.6) is 5.75 Å². The van der Waals surface area contributed by atoms with E-state index in [0.29, 0.717) is 5.69 Å². The van der Waals surface area contributed by atoms with Crippen LogP contribution >= 0.6 is 15.9 Å². The third-order valence-electron chi connectivity index (χ3n) is 3.02. The first-order valence-electron chi connectivity index (χ1n) is 5.98. The Balaban J connectivity index is 2.35. The van der Waals surface area contributed by atoms with E-state index in [9.17, 15) is 0 Å². The Bertz CT molecular complexity index is 611. The van der Waals surface area contributed by atoms with Crippen LogP contribution in [-0.2, 0) is 0 Å². The summed E-state index contributed by atoms with van der Waals surface area (Å²) in [4.78, 5) is 0. The predicted octanol–water partition coefficient (Wildman–Crippen LogP) is 4.40. The van der Waals surface area contributed by atoms with Crippen LogP contribution in [0.25, 0.3) is 0 Å². The number of halogens is 1. The molecule has 3 nitrogen and oxygen atoms in total. The molecule has 0 aliphatic carbocycles. The van der Waals surface area contributed by atoms with Gasteiger partial charge in [0.25, 0.3) is 0 Å². The van der Waals surface area contributed by atoms with E-state index in [4.69, 9.17) is 10.5 Å². The van der Waals surface area contributed by atoms with Crippen molar-refractivity contribution in [2.45, 2.75) is 13.8 Å². The highest BCUT2D eigenvalue weighted by Crippen LogP contribution is 2.31. The summed E-state index contributed by atoms with van der Waals surface area (Å²) in [6.07, 6.45) is 0. The molecule has 0 saturated heterocycles. The van der Waals surface area contributed by atoms with E-state index in [1.165, 1.54) is 0 Å². The molecule has 0 spiro atoms. The molecule has 0 aliphatic rings. The highest BCUT2D eigenvalue weighted by Gasteiger charge is 2.07. The SMILES string of the molecule is COc1cc(C)c(Nc2ccc(Br)cc2N)cc1C. The second-order valence-corrected chi connectivity index (χ2v) is 5.41. The topological polar surface area (TPSA) is 47.3 Å². The van der Waals surface area contributed by atoms with E-state index in [1.54, 1.807) is 7.11 Å². The van der Waals surface area contributed by atoms with Gasteiger partial charge in [0.1, 0.15) is 5.75 Å². The Labute approximate surface area is 121 Å². The Kier molecular flexibility index (Phi) is 4.00. The van der Waals surface area contributed by atoms with Crippen molar-refractivity contribution in [1.29, 1.82) is 0 Å². The van der Waals surface area contributed by atoms with Crippen molar-refractivity contribution < 1.29 is 4.74 Å². The van der Waals surface area contributed by atoms with Gasteiger partial charge in [-0.15, -0.1) is 0 Å². The minimum absolute atomic E-state index is 0.710. The average molecular weight is 321 g/mol. The van der Waals surface area contributed by atoms with Crippen LogP contribution in [0.15, 0.2) is 34.8 Å². The van der Waals surface area contributed by atoms with Crippen molar-refractivity contribution in [1.82, 2.24) is 0 Å². The molecule has 0 heterocycles. The van der Waals surface area contributed by atoms with Gasteiger partial charge >= 0.3 is 0 Å². The molecule has 0 bridgehead atoms. The lowest BCUT2D eigenvalue weighted by Crippen LogP contribution is -1.99. The number of anilines is 3. The van der Waals surface area contributed by atoms with Gasteiger partial charge in [0, 0.05) is 10.2 Å². The molecule has 0 unspecified atom stereocenters. The molecule has 3 N–H and O–H groups in total.